The van der Waals surface area contributed by atoms with Crippen LogP contribution in [0.15, 0.2) is 60.8 Å². The molecule has 7 rings (SSSR count). The Labute approximate surface area is 269 Å². The lowest BCUT2D eigenvalue weighted by atomic mass is 9.55. The van der Waals surface area contributed by atoms with Crippen LogP contribution in [0, 0.1) is 23.7 Å². The second-order valence-electron chi connectivity index (χ2n) is 13.6. The Balaban J connectivity index is 1.18. The monoisotopic (exact) mass is 628 g/mol. The van der Waals surface area contributed by atoms with Crippen LogP contribution in [0.25, 0.3) is 10.9 Å². The Morgan fingerprint density at radius 3 is 2.28 bits per heavy atom. The average molecular weight is 629 g/mol. The van der Waals surface area contributed by atoms with E-state index < -0.39 is 29.6 Å². The molecule has 4 bridgehead atoms. The molecule has 4 saturated carbocycles. The van der Waals surface area contributed by atoms with Gasteiger partial charge in [-0.2, -0.15) is 0 Å². The quantitative estimate of drug-likeness (QED) is 0.210. The smallest absolute Gasteiger partial charge is 0.408 e. The van der Waals surface area contributed by atoms with Crippen LogP contribution in [0.1, 0.15) is 69.0 Å². The van der Waals surface area contributed by atoms with E-state index in [1.165, 1.54) is 13.5 Å². The standard InChI is InChI=1S/C36H44N4O6/c1-36(19-27-20-37-29-11-7-6-10-28(27)29,40-35(44)46-33-25-15-22-14-23(17-25)18-26(33)16-22)34(43)38-21-30(24-8-4-3-5-9-24)39-31(41)12-13-32(42)45-2/h3-11,20,22-23,25-26,30,33,37H,12-19,21H2,1-2H3,(H,38,43)(H,39,41)(H,40,44)/t22?,23?,25?,26?,30-,33?,36+/m0/s1. The number of ether oxygens (including phenoxy) is 2. The molecule has 10 heteroatoms. The molecule has 1 heterocycles. The summed E-state index contributed by atoms with van der Waals surface area (Å²) in [5.74, 6) is 1.08. The van der Waals surface area contributed by atoms with Gasteiger partial charge in [0.1, 0.15) is 11.6 Å². The Morgan fingerprint density at radius 2 is 1.59 bits per heavy atom. The Hall–Kier alpha value is -4.34. The highest BCUT2D eigenvalue weighted by molar-refractivity contribution is 5.91. The number of aromatic amines is 1. The van der Waals surface area contributed by atoms with Crippen LogP contribution in [0.3, 0.4) is 0 Å². The highest BCUT2D eigenvalue weighted by Crippen LogP contribution is 2.54. The van der Waals surface area contributed by atoms with Crippen LogP contribution in [0.5, 0.6) is 0 Å². The summed E-state index contributed by atoms with van der Waals surface area (Å²) in [6.45, 7) is 1.79. The van der Waals surface area contributed by atoms with Gasteiger partial charge in [-0.15, -0.1) is 0 Å². The fourth-order valence-corrected chi connectivity index (χ4v) is 8.20. The van der Waals surface area contributed by atoms with E-state index in [4.69, 9.17) is 4.74 Å². The number of H-pyrrole nitrogens is 1. The molecule has 1 aromatic heterocycles. The van der Waals surface area contributed by atoms with Crippen molar-refractivity contribution in [3.63, 3.8) is 0 Å². The van der Waals surface area contributed by atoms with Crippen LogP contribution in [-0.2, 0) is 30.3 Å². The first-order valence-corrected chi connectivity index (χ1v) is 16.4. The van der Waals surface area contributed by atoms with Gasteiger partial charge in [-0.05, 0) is 79.9 Å². The van der Waals surface area contributed by atoms with Crippen molar-refractivity contribution in [2.75, 3.05) is 13.7 Å². The molecule has 4 fully saturated rings. The number of para-hydroxylation sites is 1. The average Bonchev–Trinajstić information content (AvgIpc) is 3.45. The van der Waals surface area contributed by atoms with Gasteiger partial charge in [0.25, 0.3) is 0 Å². The van der Waals surface area contributed by atoms with E-state index in [9.17, 15) is 19.2 Å². The SMILES string of the molecule is COC(=O)CCC(=O)N[C@@H](CNC(=O)[C@@](C)(Cc1c[nH]c2ccccc12)NC(=O)OC1C2CC3CC(C2)CC1C3)c1ccccc1. The number of hydrogen-bond donors (Lipinski definition) is 4. The lowest BCUT2D eigenvalue weighted by molar-refractivity contribution is -0.142. The third kappa shape index (κ3) is 7.06. The molecule has 2 aromatic carbocycles. The summed E-state index contributed by atoms with van der Waals surface area (Å²) in [5, 5.41) is 9.88. The van der Waals surface area contributed by atoms with Crippen molar-refractivity contribution < 1.29 is 28.7 Å². The number of methoxy groups -OCH3 is 1. The van der Waals surface area contributed by atoms with Gasteiger partial charge in [0.2, 0.25) is 11.8 Å². The van der Waals surface area contributed by atoms with Gasteiger partial charge < -0.3 is 30.4 Å². The molecule has 4 aliphatic carbocycles. The van der Waals surface area contributed by atoms with Crippen molar-refractivity contribution in [3.8, 4) is 0 Å². The highest BCUT2D eigenvalue weighted by atomic mass is 16.6. The minimum absolute atomic E-state index is 0.0414. The van der Waals surface area contributed by atoms with Crippen molar-refractivity contribution in [2.45, 2.75) is 76.0 Å². The number of aromatic nitrogens is 1. The van der Waals surface area contributed by atoms with E-state index in [1.807, 2.05) is 60.8 Å². The topological polar surface area (TPSA) is 139 Å². The minimum atomic E-state index is -1.36. The zero-order chi connectivity index (χ0) is 32.3. The zero-order valence-corrected chi connectivity index (χ0v) is 26.6. The van der Waals surface area contributed by atoms with Crippen molar-refractivity contribution in [1.82, 2.24) is 20.9 Å². The molecule has 244 valence electrons. The Kier molecular flexibility index (Phi) is 9.33. The molecule has 0 unspecified atom stereocenters. The van der Waals surface area contributed by atoms with Crippen molar-refractivity contribution in [2.24, 2.45) is 23.7 Å². The number of nitrogens with one attached hydrogen (secondary N) is 4. The number of hydrogen-bond acceptors (Lipinski definition) is 6. The van der Waals surface area contributed by atoms with E-state index >= 15 is 0 Å². The molecular weight excluding hydrogens is 584 g/mol. The maximum atomic E-state index is 14.1. The second kappa shape index (κ2) is 13.6. The summed E-state index contributed by atoms with van der Waals surface area (Å²) >= 11 is 0. The molecule has 3 amide bonds. The minimum Gasteiger partial charge on any atom is -0.469 e. The van der Waals surface area contributed by atoms with Gasteiger partial charge in [-0.3, -0.25) is 14.4 Å². The van der Waals surface area contributed by atoms with Gasteiger partial charge in [-0.25, -0.2) is 4.79 Å². The number of rotatable bonds is 12. The van der Waals surface area contributed by atoms with Gasteiger partial charge in [0.05, 0.1) is 19.6 Å². The summed E-state index contributed by atoms with van der Waals surface area (Å²) in [7, 11) is 1.28. The predicted molar refractivity (Wildman–Crippen MR) is 172 cm³/mol. The largest absolute Gasteiger partial charge is 0.469 e. The Morgan fingerprint density at radius 1 is 0.913 bits per heavy atom. The van der Waals surface area contributed by atoms with E-state index in [-0.39, 0.29) is 37.8 Å². The lowest BCUT2D eigenvalue weighted by Gasteiger charge is -2.53. The van der Waals surface area contributed by atoms with Crippen molar-refractivity contribution in [1.29, 1.82) is 0 Å². The maximum absolute atomic E-state index is 14.1. The van der Waals surface area contributed by atoms with Gasteiger partial charge in [0.15, 0.2) is 0 Å². The van der Waals surface area contributed by atoms with Crippen molar-refractivity contribution in [3.05, 3.63) is 71.9 Å². The highest BCUT2D eigenvalue weighted by Gasteiger charge is 2.50. The molecule has 3 aromatic rings. The fraction of sp³-hybridized carbons (Fsp3) is 0.500. The van der Waals surface area contributed by atoms with Crippen LogP contribution in [0.4, 0.5) is 4.79 Å². The van der Waals surface area contributed by atoms with Crippen LogP contribution >= 0.6 is 0 Å². The number of benzene rings is 2. The summed E-state index contributed by atoms with van der Waals surface area (Å²) in [5.41, 5.74) is 1.26. The van der Waals surface area contributed by atoms with E-state index in [1.54, 1.807) is 6.92 Å². The second-order valence-corrected chi connectivity index (χ2v) is 13.6. The number of alkyl carbamates (subject to hydrolysis) is 1. The summed E-state index contributed by atoms with van der Waals surface area (Å²) in [4.78, 5) is 55.3. The van der Waals surface area contributed by atoms with E-state index in [0.29, 0.717) is 11.8 Å². The van der Waals surface area contributed by atoms with E-state index in [2.05, 4.69) is 25.7 Å². The number of amides is 3. The number of esters is 1. The summed E-state index contributed by atoms with van der Waals surface area (Å²) < 4.78 is 10.8. The van der Waals surface area contributed by atoms with Gasteiger partial charge in [0, 0.05) is 36.5 Å². The number of carbonyl (C=O) groups is 4. The van der Waals surface area contributed by atoms with Crippen LogP contribution < -0.4 is 16.0 Å². The molecule has 0 aliphatic heterocycles. The van der Waals surface area contributed by atoms with E-state index in [0.717, 1.165) is 59.5 Å². The first-order valence-electron chi connectivity index (χ1n) is 16.4. The number of fused-ring (bicyclic) bond motifs is 1. The lowest BCUT2D eigenvalue weighted by Crippen LogP contribution is -2.60. The molecular formula is C36H44N4O6. The first-order chi connectivity index (χ1) is 22.2. The zero-order valence-electron chi connectivity index (χ0n) is 26.6. The molecule has 46 heavy (non-hydrogen) atoms. The molecule has 10 nitrogen and oxygen atoms in total. The molecule has 4 N–H and O–H groups in total. The summed E-state index contributed by atoms with van der Waals surface area (Å²) in [6.07, 6.45) is 7.08. The molecule has 4 aliphatic rings. The summed E-state index contributed by atoms with van der Waals surface area (Å²) in [6, 6.07) is 16.6. The van der Waals surface area contributed by atoms with Crippen molar-refractivity contribution >= 4 is 34.8 Å². The first kappa shape index (κ1) is 31.6. The normalized spacial score (nSPS) is 24.9. The predicted octanol–water partition coefficient (Wildman–Crippen LogP) is 4.95. The molecule has 0 radical (unpaired) electrons. The van der Waals surface area contributed by atoms with Gasteiger partial charge in [-0.1, -0.05) is 48.5 Å². The third-order valence-corrected chi connectivity index (χ3v) is 10.3. The Bertz CT molecular complexity index is 1540. The van der Waals surface area contributed by atoms with Gasteiger partial charge >= 0.3 is 12.1 Å². The third-order valence-electron chi connectivity index (χ3n) is 10.3. The fourth-order valence-electron chi connectivity index (χ4n) is 8.20. The maximum Gasteiger partial charge on any atom is 0.408 e. The number of carbonyl (C=O) groups excluding carboxylic acids is 4. The molecule has 2 atom stereocenters. The van der Waals surface area contributed by atoms with Crippen LogP contribution in [-0.4, -0.2) is 54.2 Å². The molecule has 0 spiro atoms. The van der Waals surface area contributed by atoms with Crippen LogP contribution in [0.2, 0.25) is 0 Å². The molecule has 0 saturated heterocycles.